The molecule has 1 aromatic carbocycles. The highest BCUT2D eigenvalue weighted by Gasteiger charge is 2.22. The zero-order chi connectivity index (χ0) is 13.8. The van der Waals surface area contributed by atoms with E-state index in [9.17, 15) is 0 Å². The lowest BCUT2D eigenvalue weighted by atomic mass is 10.2. The van der Waals surface area contributed by atoms with Crippen LogP contribution in [0, 0.1) is 6.92 Å². The summed E-state index contributed by atoms with van der Waals surface area (Å²) < 4.78 is 10.9. The molecular weight excluding hydrogens is 274 g/mol. The molecule has 0 aliphatic carbocycles. The predicted octanol–water partition coefficient (Wildman–Crippen LogP) is 2.33. The van der Waals surface area contributed by atoms with Crippen molar-refractivity contribution in [1.29, 1.82) is 0 Å². The molecule has 1 atom stereocenters. The van der Waals surface area contributed by atoms with Gasteiger partial charge in [-0.1, -0.05) is 22.9 Å². The summed E-state index contributed by atoms with van der Waals surface area (Å²) in [5.41, 5.74) is 1.26. The summed E-state index contributed by atoms with van der Waals surface area (Å²) in [6.07, 6.45) is -0.117. The maximum atomic E-state index is 5.59. The predicted molar refractivity (Wildman–Crippen MR) is 76.6 cm³/mol. The number of hydrogen-bond donors (Lipinski definition) is 1. The summed E-state index contributed by atoms with van der Waals surface area (Å²) in [6, 6.07) is 8.39. The summed E-state index contributed by atoms with van der Waals surface area (Å²) in [5, 5.41) is 7.26. The van der Waals surface area contributed by atoms with Crippen LogP contribution in [0.4, 0.5) is 0 Å². The van der Waals surface area contributed by atoms with E-state index in [0.29, 0.717) is 24.1 Å². The van der Waals surface area contributed by atoms with Crippen molar-refractivity contribution in [3.8, 4) is 0 Å². The molecule has 0 bridgehead atoms. The van der Waals surface area contributed by atoms with Crippen molar-refractivity contribution in [2.45, 2.75) is 23.7 Å². The number of ether oxygens (including phenoxy) is 1. The van der Waals surface area contributed by atoms with Gasteiger partial charge in [-0.2, -0.15) is 4.98 Å². The first kappa shape index (κ1) is 13.6. The van der Waals surface area contributed by atoms with E-state index in [1.165, 1.54) is 10.5 Å². The number of thioether (sulfide) groups is 1. The fourth-order valence-corrected chi connectivity index (χ4v) is 2.89. The Morgan fingerprint density at radius 2 is 2.40 bits per heavy atom. The molecule has 1 N–H and O–H groups in total. The lowest BCUT2D eigenvalue weighted by Crippen LogP contribution is -2.33. The molecule has 1 aromatic heterocycles. The fraction of sp³-hybridized carbons (Fsp3) is 0.429. The first-order chi connectivity index (χ1) is 9.81. The molecule has 6 heteroatoms. The number of aryl methyl sites for hydroxylation is 1. The van der Waals surface area contributed by atoms with Crippen LogP contribution in [0.1, 0.15) is 23.4 Å². The van der Waals surface area contributed by atoms with E-state index in [0.717, 1.165) is 13.1 Å². The quantitative estimate of drug-likeness (QED) is 0.872. The summed E-state index contributed by atoms with van der Waals surface area (Å²) in [7, 11) is 0. The molecule has 1 fully saturated rings. The Balaban J connectivity index is 1.59. The molecule has 1 aliphatic heterocycles. The van der Waals surface area contributed by atoms with Crippen LogP contribution >= 0.6 is 11.8 Å². The monoisotopic (exact) mass is 291 g/mol. The zero-order valence-corrected chi connectivity index (χ0v) is 12.2. The number of morpholine rings is 1. The van der Waals surface area contributed by atoms with E-state index in [-0.39, 0.29) is 6.10 Å². The van der Waals surface area contributed by atoms with Gasteiger partial charge in [0.25, 0.3) is 5.89 Å². The highest BCUT2D eigenvalue weighted by molar-refractivity contribution is 7.98. The Morgan fingerprint density at radius 1 is 1.45 bits per heavy atom. The van der Waals surface area contributed by atoms with Gasteiger partial charge in [-0.25, -0.2) is 0 Å². The van der Waals surface area contributed by atoms with Gasteiger partial charge in [0.1, 0.15) is 6.10 Å². The van der Waals surface area contributed by atoms with Crippen LogP contribution in [-0.4, -0.2) is 29.8 Å². The smallest absolute Gasteiger partial charge is 0.257 e. The molecular formula is C14H17N3O2S. The van der Waals surface area contributed by atoms with E-state index in [2.05, 4.69) is 46.6 Å². The van der Waals surface area contributed by atoms with Gasteiger partial charge in [-0.15, -0.1) is 11.8 Å². The lowest BCUT2D eigenvalue weighted by molar-refractivity contribution is 0.00755. The van der Waals surface area contributed by atoms with Crippen LogP contribution in [0.2, 0.25) is 0 Å². The second-order valence-corrected chi connectivity index (χ2v) is 5.77. The minimum atomic E-state index is -0.117. The number of benzene rings is 1. The molecule has 0 saturated carbocycles. The molecule has 1 unspecified atom stereocenters. The Hall–Kier alpha value is -1.37. The van der Waals surface area contributed by atoms with Crippen molar-refractivity contribution in [3.05, 3.63) is 41.5 Å². The normalized spacial score (nSPS) is 19.1. The molecule has 5 nitrogen and oxygen atoms in total. The minimum Gasteiger partial charge on any atom is -0.366 e. The lowest BCUT2D eigenvalue weighted by Gasteiger charge is -2.19. The third-order valence-corrected chi connectivity index (χ3v) is 4.03. The molecule has 1 aliphatic rings. The van der Waals surface area contributed by atoms with Crippen LogP contribution in [0.3, 0.4) is 0 Å². The topological polar surface area (TPSA) is 60.2 Å². The van der Waals surface area contributed by atoms with Crippen LogP contribution in [0.25, 0.3) is 0 Å². The van der Waals surface area contributed by atoms with Crippen molar-refractivity contribution >= 4 is 11.8 Å². The van der Waals surface area contributed by atoms with Crippen LogP contribution in [0.15, 0.2) is 33.7 Å². The summed E-state index contributed by atoms with van der Waals surface area (Å²) in [5.74, 6) is 1.98. The largest absolute Gasteiger partial charge is 0.366 e. The number of nitrogens with zero attached hydrogens (tertiary/aromatic N) is 2. The molecule has 2 heterocycles. The van der Waals surface area contributed by atoms with E-state index in [1.54, 1.807) is 11.8 Å². The van der Waals surface area contributed by atoms with Gasteiger partial charge >= 0.3 is 0 Å². The molecule has 0 radical (unpaired) electrons. The molecule has 0 amide bonds. The first-order valence-electron chi connectivity index (χ1n) is 6.65. The number of rotatable bonds is 4. The van der Waals surface area contributed by atoms with E-state index in [1.807, 2.05) is 0 Å². The molecule has 1 saturated heterocycles. The number of hydrogen-bond acceptors (Lipinski definition) is 6. The van der Waals surface area contributed by atoms with E-state index < -0.39 is 0 Å². The summed E-state index contributed by atoms with van der Waals surface area (Å²) >= 11 is 1.71. The average Bonchev–Trinajstić information content (AvgIpc) is 2.95. The van der Waals surface area contributed by atoms with Gasteiger partial charge in [0.2, 0.25) is 0 Å². The summed E-state index contributed by atoms with van der Waals surface area (Å²) in [4.78, 5) is 5.62. The Bertz CT molecular complexity index is 567. The van der Waals surface area contributed by atoms with Gasteiger partial charge < -0.3 is 14.6 Å². The Morgan fingerprint density at radius 3 is 3.20 bits per heavy atom. The van der Waals surface area contributed by atoms with Gasteiger partial charge in [0.05, 0.1) is 12.4 Å². The standard InChI is InChI=1S/C14H17N3O2S/c1-10-3-2-4-11(7-10)20-9-13-16-14(19-17-13)12-8-15-5-6-18-12/h2-4,7,12,15H,5-6,8-9H2,1H3. The highest BCUT2D eigenvalue weighted by atomic mass is 32.2. The van der Waals surface area contributed by atoms with Crippen molar-refractivity contribution in [1.82, 2.24) is 15.5 Å². The molecule has 20 heavy (non-hydrogen) atoms. The minimum absolute atomic E-state index is 0.117. The molecule has 3 rings (SSSR count). The maximum absolute atomic E-state index is 5.59. The number of aromatic nitrogens is 2. The Kier molecular flexibility index (Phi) is 4.34. The van der Waals surface area contributed by atoms with Crippen molar-refractivity contribution in [2.24, 2.45) is 0 Å². The van der Waals surface area contributed by atoms with Crippen molar-refractivity contribution in [2.75, 3.05) is 19.7 Å². The third-order valence-electron chi connectivity index (χ3n) is 3.04. The number of nitrogens with one attached hydrogen (secondary N) is 1. The van der Waals surface area contributed by atoms with Crippen molar-refractivity contribution < 1.29 is 9.26 Å². The third kappa shape index (κ3) is 3.39. The highest BCUT2D eigenvalue weighted by Crippen LogP contribution is 2.23. The Labute approximate surface area is 122 Å². The zero-order valence-electron chi connectivity index (χ0n) is 11.3. The van der Waals surface area contributed by atoms with Gasteiger partial charge in [-0.05, 0) is 19.1 Å². The fourth-order valence-electron chi connectivity index (χ4n) is 2.03. The van der Waals surface area contributed by atoms with Crippen molar-refractivity contribution in [3.63, 3.8) is 0 Å². The summed E-state index contributed by atoms with van der Waals surface area (Å²) in [6.45, 7) is 4.37. The SMILES string of the molecule is Cc1cccc(SCc2noc(C3CNCCO3)n2)c1. The van der Waals surface area contributed by atoms with Crippen LogP contribution < -0.4 is 5.32 Å². The second-order valence-electron chi connectivity index (χ2n) is 4.72. The van der Waals surface area contributed by atoms with Crippen LogP contribution in [0.5, 0.6) is 0 Å². The first-order valence-corrected chi connectivity index (χ1v) is 7.64. The van der Waals surface area contributed by atoms with E-state index >= 15 is 0 Å². The molecule has 0 spiro atoms. The van der Waals surface area contributed by atoms with Gasteiger partial charge in [-0.3, -0.25) is 0 Å². The average molecular weight is 291 g/mol. The molecule has 2 aromatic rings. The van der Waals surface area contributed by atoms with Crippen LogP contribution in [-0.2, 0) is 10.5 Å². The van der Waals surface area contributed by atoms with Gasteiger partial charge in [0, 0.05) is 18.0 Å². The van der Waals surface area contributed by atoms with Gasteiger partial charge in [0.15, 0.2) is 5.82 Å². The molecule has 106 valence electrons. The maximum Gasteiger partial charge on any atom is 0.257 e. The second kappa shape index (κ2) is 6.39. The van der Waals surface area contributed by atoms with E-state index in [4.69, 9.17) is 9.26 Å².